The van der Waals surface area contributed by atoms with Gasteiger partial charge in [0.05, 0.1) is 0 Å². The molecule has 0 aromatic rings. The normalized spacial score (nSPS) is 12.4. The fourth-order valence-electron chi connectivity index (χ4n) is 0.405. The zero-order valence-electron chi connectivity index (χ0n) is 6.01. The van der Waals surface area contributed by atoms with Crippen molar-refractivity contribution in [2.75, 3.05) is 0 Å². The number of aliphatic hydroxyl groups is 1. The zero-order chi connectivity index (χ0) is 7.44. The van der Waals surface area contributed by atoms with Gasteiger partial charge in [-0.2, -0.15) is 0 Å². The Morgan fingerprint density at radius 1 is 1.56 bits per heavy atom. The molecule has 0 aromatic carbocycles. The second-order valence-corrected chi connectivity index (χ2v) is 2.30. The fraction of sp³-hybridized carbons (Fsp3) is 0.571. The van der Waals surface area contributed by atoms with Gasteiger partial charge in [0.15, 0.2) is 5.78 Å². The molecular weight excluding hydrogens is 116 g/mol. The summed E-state index contributed by atoms with van der Waals surface area (Å²) >= 11 is 0. The van der Waals surface area contributed by atoms with Gasteiger partial charge in [0.25, 0.3) is 0 Å². The minimum atomic E-state index is -0.861. The smallest absolute Gasteiger partial charge is 0.183 e. The molecule has 0 spiro atoms. The van der Waals surface area contributed by atoms with E-state index in [-0.39, 0.29) is 5.78 Å². The molecule has 2 nitrogen and oxygen atoms in total. The number of ketones is 1. The van der Waals surface area contributed by atoms with E-state index in [0.29, 0.717) is 0 Å². The Hall–Kier alpha value is -0.630. The van der Waals surface area contributed by atoms with Crippen molar-refractivity contribution in [3.05, 3.63) is 11.6 Å². The van der Waals surface area contributed by atoms with Crippen LogP contribution in [0.5, 0.6) is 0 Å². The fourth-order valence-corrected chi connectivity index (χ4v) is 0.405. The van der Waals surface area contributed by atoms with Gasteiger partial charge in [-0.1, -0.05) is 5.57 Å². The third-order valence-electron chi connectivity index (χ3n) is 0.843. The van der Waals surface area contributed by atoms with Gasteiger partial charge in [-0.25, -0.2) is 0 Å². The highest BCUT2D eigenvalue weighted by Gasteiger charge is 2.03. The van der Waals surface area contributed by atoms with Gasteiger partial charge in [-0.05, 0) is 26.8 Å². The Morgan fingerprint density at radius 3 is 2.11 bits per heavy atom. The Bertz CT molecular complexity index is 130. The first kappa shape index (κ1) is 8.37. The van der Waals surface area contributed by atoms with E-state index in [0.717, 1.165) is 5.57 Å². The SMILES string of the molecule is CC(C)=CC(=O)C(C)O. The molecule has 0 aliphatic rings. The van der Waals surface area contributed by atoms with E-state index < -0.39 is 6.10 Å². The molecule has 0 heterocycles. The first-order valence-electron chi connectivity index (χ1n) is 2.91. The Kier molecular flexibility index (Phi) is 3.17. The molecule has 0 rings (SSSR count). The molecule has 0 amide bonds. The second kappa shape index (κ2) is 3.41. The van der Waals surface area contributed by atoms with Crippen LogP contribution < -0.4 is 0 Å². The van der Waals surface area contributed by atoms with Crippen molar-refractivity contribution in [2.24, 2.45) is 0 Å². The van der Waals surface area contributed by atoms with E-state index in [2.05, 4.69) is 0 Å². The second-order valence-electron chi connectivity index (χ2n) is 2.30. The summed E-state index contributed by atoms with van der Waals surface area (Å²) < 4.78 is 0. The van der Waals surface area contributed by atoms with E-state index in [1.54, 1.807) is 0 Å². The largest absolute Gasteiger partial charge is 0.385 e. The molecule has 0 saturated heterocycles. The van der Waals surface area contributed by atoms with Gasteiger partial charge >= 0.3 is 0 Å². The molecule has 0 radical (unpaired) electrons. The van der Waals surface area contributed by atoms with Crippen LogP contribution in [0.15, 0.2) is 11.6 Å². The molecule has 0 bridgehead atoms. The van der Waals surface area contributed by atoms with E-state index in [9.17, 15) is 4.79 Å². The predicted octanol–water partition coefficient (Wildman–Crippen LogP) is 0.903. The topological polar surface area (TPSA) is 37.3 Å². The maximum Gasteiger partial charge on any atom is 0.183 e. The van der Waals surface area contributed by atoms with Crippen LogP contribution >= 0.6 is 0 Å². The molecule has 2 heteroatoms. The highest BCUT2D eigenvalue weighted by atomic mass is 16.3. The Labute approximate surface area is 55.2 Å². The first-order chi connectivity index (χ1) is 4.04. The number of carbonyl (C=O) groups excluding carboxylic acids is 1. The van der Waals surface area contributed by atoms with E-state index >= 15 is 0 Å². The van der Waals surface area contributed by atoms with Crippen molar-refractivity contribution in [1.82, 2.24) is 0 Å². The molecule has 0 saturated carbocycles. The summed E-state index contributed by atoms with van der Waals surface area (Å²) in [6, 6.07) is 0. The van der Waals surface area contributed by atoms with Crippen LogP contribution in [0.4, 0.5) is 0 Å². The van der Waals surface area contributed by atoms with Crippen LogP contribution in [0, 0.1) is 0 Å². The number of hydrogen-bond donors (Lipinski definition) is 1. The van der Waals surface area contributed by atoms with E-state index in [1.807, 2.05) is 13.8 Å². The molecule has 0 aliphatic heterocycles. The van der Waals surface area contributed by atoms with Gasteiger partial charge in [0, 0.05) is 0 Å². The standard InChI is InChI=1S/C7H12O2/c1-5(2)4-7(9)6(3)8/h4,6,8H,1-3H3. The van der Waals surface area contributed by atoms with Crippen LogP contribution in [-0.4, -0.2) is 17.0 Å². The molecule has 52 valence electrons. The summed E-state index contributed by atoms with van der Waals surface area (Å²) in [7, 11) is 0. The number of carbonyl (C=O) groups is 1. The van der Waals surface area contributed by atoms with Gasteiger partial charge in [-0.3, -0.25) is 4.79 Å². The maximum atomic E-state index is 10.6. The summed E-state index contributed by atoms with van der Waals surface area (Å²) in [6.07, 6.45) is 0.574. The van der Waals surface area contributed by atoms with Crippen LogP contribution in [0.3, 0.4) is 0 Å². The Balaban J connectivity index is 3.93. The van der Waals surface area contributed by atoms with Gasteiger partial charge in [0.2, 0.25) is 0 Å². The lowest BCUT2D eigenvalue weighted by Gasteiger charge is -1.96. The van der Waals surface area contributed by atoms with Gasteiger partial charge in [-0.15, -0.1) is 0 Å². The lowest BCUT2D eigenvalue weighted by Crippen LogP contribution is -2.12. The molecule has 0 fully saturated rings. The average Bonchev–Trinajstić information content (AvgIpc) is 1.63. The predicted molar refractivity (Wildman–Crippen MR) is 36.1 cm³/mol. The zero-order valence-corrected chi connectivity index (χ0v) is 6.01. The van der Waals surface area contributed by atoms with Crippen molar-refractivity contribution in [2.45, 2.75) is 26.9 Å². The number of aliphatic hydroxyl groups excluding tert-OH is 1. The molecule has 0 aliphatic carbocycles. The number of hydrogen-bond acceptors (Lipinski definition) is 2. The van der Waals surface area contributed by atoms with Crippen LogP contribution in [0.2, 0.25) is 0 Å². The van der Waals surface area contributed by atoms with Crippen molar-refractivity contribution < 1.29 is 9.90 Å². The number of allylic oxidation sites excluding steroid dienone is 1. The molecule has 9 heavy (non-hydrogen) atoms. The molecule has 0 aromatic heterocycles. The summed E-state index contributed by atoms with van der Waals surface area (Å²) in [5, 5.41) is 8.68. The summed E-state index contributed by atoms with van der Waals surface area (Å²) in [5.41, 5.74) is 0.918. The highest BCUT2D eigenvalue weighted by molar-refractivity contribution is 5.93. The lowest BCUT2D eigenvalue weighted by atomic mass is 10.2. The van der Waals surface area contributed by atoms with Gasteiger partial charge in [0.1, 0.15) is 6.10 Å². The maximum absolute atomic E-state index is 10.6. The lowest BCUT2D eigenvalue weighted by molar-refractivity contribution is -0.121. The van der Waals surface area contributed by atoms with Crippen LogP contribution in [0.25, 0.3) is 0 Å². The van der Waals surface area contributed by atoms with Crippen LogP contribution in [0.1, 0.15) is 20.8 Å². The molecule has 1 unspecified atom stereocenters. The highest BCUT2D eigenvalue weighted by Crippen LogP contribution is 1.92. The third kappa shape index (κ3) is 3.91. The third-order valence-corrected chi connectivity index (χ3v) is 0.843. The summed E-state index contributed by atoms with van der Waals surface area (Å²) in [5.74, 6) is -0.227. The average molecular weight is 128 g/mol. The molecular formula is C7H12O2. The van der Waals surface area contributed by atoms with Crippen molar-refractivity contribution in [3.63, 3.8) is 0 Å². The van der Waals surface area contributed by atoms with Crippen molar-refractivity contribution in [3.8, 4) is 0 Å². The van der Waals surface area contributed by atoms with E-state index in [4.69, 9.17) is 5.11 Å². The number of rotatable bonds is 2. The van der Waals surface area contributed by atoms with Crippen LogP contribution in [-0.2, 0) is 4.79 Å². The molecule has 1 atom stereocenters. The quantitative estimate of drug-likeness (QED) is 0.561. The summed E-state index contributed by atoms with van der Waals surface area (Å²) in [6.45, 7) is 5.10. The van der Waals surface area contributed by atoms with Crippen molar-refractivity contribution >= 4 is 5.78 Å². The monoisotopic (exact) mass is 128 g/mol. The minimum Gasteiger partial charge on any atom is -0.385 e. The van der Waals surface area contributed by atoms with Crippen molar-refractivity contribution in [1.29, 1.82) is 0 Å². The minimum absolute atomic E-state index is 0.227. The van der Waals surface area contributed by atoms with Gasteiger partial charge < -0.3 is 5.11 Å². The summed E-state index contributed by atoms with van der Waals surface area (Å²) in [4.78, 5) is 10.6. The molecule has 1 N–H and O–H groups in total. The van der Waals surface area contributed by atoms with E-state index in [1.165, 1.54) is 13.0 Å². The Morgan fingerprint density at radius 2 is 2.00 bits per heavy atom. The first-order valence-corrected chi connectivity index (χ1v) is 2.91.